The summed E-state index contributed by atoms with van der Waals surface area (Å²) >= 11 is 0. The van der Waals surface area contributed by atoms with Gasteiger partial charge in [-0.05, 0) is 77.0 Å². The van der Waals surface area contributed by atoms with E-state index in [2.05, 4.69) is 83.1 Å². The Labute approximate surface area is 209 Å². The largest absolute Gasteiger partial charge is 0.680 e. The highest BCUT2D eigenvalue weighted by molar-refractivity contribution is 6.53. The highest BCUT2D eigenvalue weighted by Crippen LogP contribution is 2.29. The molecule has 4 nitrogen and oxygen atoms in total. The van der Waals surface area contributed by atoms with Crippen molar-refractivity contribution in [3.8, 4) is 0 Å². The summed E-state index contributed by atoms with van der Waals surface area (Å²) < 4.78 is 27.0. The Kier molecular flexibility index (Phi) is 17.5. The fourth-order valence-electron chi connectivity index (χ4n) is 4.28. The van der Waals surface area contributed by atoms with Crippen LogP contribution < -0.4 is 0 Å². The lowest BCUT2D eigenvalue weighted by molar-refractivity contribution is -0.105. The van der Waals surface area contributed by atoms with E-state index in [4.69, 9.17) is 17.7 Å². The van der Waals surface area contributed by atoms with Crippen LogP contribution in [0.15, 0.2) is 0 Å². The van der Waals surface area contributed by atoms with E-state index in [-0.39, 0.29) is 24.4 Å². The monoisotopic (exact) mass is 488 g/mol. The average Bonchev–Trinajstić information content (AvgIpc) is 2.72. The zero-order valence-electron chi connectivity index (χ0n) is 24.4. The van der Waals surface area contributed by atoms with Gasteiger partial charge in [-0.2, -0.15) is 0 Å². The Bertz CT molecular complexity index is 389. The highest BCUT2D eigenvalue weighted by atomic mass is 28.4. The minimum absolute atomic E-state index is 0.0361. The molecule has 0 fully saturated rings. The van der Waals surface area contributed by atoms with Gasteiger partial charge in [0.1, 0.15) is 0 Å². The molecule has 8 atom stereocenters. The van der Waals surface area contributed by atoms with Gasteiger partial charge in [0.15, 0.2) is 0 Å². The molecule has 0 saturated carbocycles. The first kappa shape index (κ1) is 33.1. The van der Waals surface area contributed by atoms with Gasteiger partial charge >= 0.3 is 9.05 Å². The van der Waals surface area contributed by atoms with Crippen LogP contribution >= 0.6 is 0 Å². The van der Waals surface area contributed by atoms with Gasteiger partial charge in [0.05, 0.1) is 0 Å². The van der Waals surface area contributed by atoms with Gasteiger partial charge < -0.3 is 17.7 Å². The third-order valence-corrected chi connectivity index (χ3v) is 9.87. The van der Waals surface area contributed by atoms with Crippen molar-refractivity contribution in [2.45, 2.75) is 159 Å². The predicted molar refractivity (Wildman–Crippen MR) is 144 cm³/mol. The van der Waals surface area contributed by atoms with Crippen LogP contribution in [0, 0.1) is 23.7 Å². The average molecular weight is 489 g/mol. The summed E-state index contributed by atoms with van der Waals surface area (Å²) in [7, 11) is -3.37. The smallest absolute Gasteiger partial charge is 0.348 e. The van der Waals surface area contributed by atoms with E-state index in [1.54, 1.807) is 0 Å². The van der Waals surface area contributed by atoms with Crippen LogP contribution in [0.25, 0.3) is 0 Å². The Hall–Kier alpha value is 0.0569. The topological polar surface area (TPSA) is 36.9 Å². The summed E-state index contributed by atoms with van der Waals surface area (Å²) in [5, 5.41) is 0. The van der Waals surface area contributed by atoms with Crippen molar-refractivity contribution in [3.05, 3.63) is 0 Å². The second kappa shape index (κ2) is 17.5. The maximum atomic E-state index is 6.74. The van der Waals surface area contributed by atoms with Gasteiger partial charge in [0.2, 0.25) is 0 Å². The first-order valence-corrected chi connectivity index (χ1v) is 15.7. The lowest BCUT2D eigenvalue weighted by atomic mass is 10.0. The molecule has 0 N–H and O–H groups in total. The van der Waals surface area contributed by atoms with Crippen molar-refractivity contribution in [2.24, 2.45) is 23.7 Å². The third kappa shape index (κ3) is 14.9. The lowest BCUT2D eigenvalue weighted by Crippen LogP contribution is -2.56. The normalized spacial score (nSPS) is 21.5. The second-order valence-electron chi connectivity index (χ2n) is 11.2. The SMILES string of the molecule is CCC(C)CC(C)O[Si](OC(C)CC(C)CC)(OC(C)CC(C)CC)OC(C)CC(C)CC. The second-order valence-corrected chi connectivity index (χ2v) is 13.2. The van der Waals surface area contributed by atoms with Crippen molar-refractivity contribution in [3.63, 3.8) is 0 Å². The van der Waals surface area contributed by atoms with Crippen molar-refractivity contribution >= 4 is 9.05 Å². The van der Waals surface area contributed by atoms with Gasteiger partial charge in [-0.1, -0.05) is 81.1 Å². The zero-order valence-corrected chi connectivity index (χ0v) is 25.4. The van der Waals surface area contributed by atoms with Crippen LogP contribution in [0.1, 0.15) is 134 Å². The highest BCUT2D eigenvalue weighted by Gasteiger charge is 2.51. The molecular weight excluding hydrogens is 428 g/mol. The van der Waals surface area contributed by atoms with Crippen LogP contribution in [-0.4, -0.2) is 33.5 Å². The summed E-state index contributed by atoms with van der Waals surface area (Å²) in [5.41, 5.74) is 0. The van der Waals surface area contributed by atoms with E-state index in [0.717, 1.165) is 51.4 Å². The number of rotatable bonds is 20. The fourth-order valence-corrected chi connectivity index (χ4v) is 6.97. The van der Waals surface area contributed by atoms with Gasteiger partial charge in [0, 0.05) is 24.4 Å². The summed E-state index contributed by atoms with van der Waals surface area (Å²) in [6.07, 6.45) is 8.66. The summed E-state index contributed by atoms with van der Waals surface area (Å²) in [4.78, 5) is 0. The molecule has 200 valence electrons. The standard InChI is InChI=1S/C28H60O4Si/c1-13-21(5)17-25(9)29-33(30-26(10)18-22(6)14-2,31-27(11)19-23(7)15-3)32-28(12)20-24(8)16-4/h21-28H,13-20H2,1-12H3. The molecule has 0 heterocycles. The third-order valence-electron chi connectivity index (χ3n) is 7.11. The molecule has 0 aromatic rings. The maximum Gasteiger partial charge on any atom is 0.680 e. The molecule has 0 spiro atoms. The van der Waals surface area contributed by atoms with Crippen LogP contribution in [0.3, 0.4) is 0 Å². The van der Waals surface area contributed by atoms with E-state index in [1.165, 1.54) is 0 Å². The van der Waals surface area contributed by atoms with E-state index >= 15 is 0 Å². The minimum Gasteiger partial charge on any atom is -0.348 e. The van der Waals surface area contributed by atoms with Crippen LogP contribution in [0.2, 0.25) is 0 Å². The molecular formula is C28H60O4Si. The molecule has 0 aliphatic heterocycles. The van der Waals surface area contributed by atoms with Gasteiger partial charge in [0.25, 0.3) is 0 Å². The molecule has 0 aliphatic carbocycles. The summed E-state index contributed by atoms with van der Waals surface area (Å²) in [5.74, 6) is 2.39. The van der Waals surface area contributed by atoms with Crippen LogP contribution in [-0.2, 0) is 17.7 Å². The van der Waals surface area contributed by atoms with Gasteiger partial charge in [-0.25, -0.2) is 0 Å². The summed E-state index contributed by atoms with van der Waals surface area (Å²) in [6.45, 7) is 26.7. The van der Waals surface area contributed by atoms with Crippen molar-refractivity contribution in [1.29, 1.82) is 0 Å². The molecule has 0 saturated heterocycles. The van der Waals surface area contributed by atoms with Crippen molar-refractivity contribution in [1.82, 2.24) is 0 Å². The fraction of sp³-hybridized carbons (Fsp3) is 1.00. The van der Waals surface area contributed by atoms with E-state index in [9.17, 15) is 0 Å². The molecule has 0 radical (unpaired) electrons. The molecule has 8 unspecified atom stereocenters. The molecule has 0 aromatic heterocycles. The molecule has 0 bridgehead atoms. The van der Waals surface area contributed by atoms with Crippen molar-refractivity contribution < 1.29 is 17.7 Å². The minimum atomic E-state index is -3.37. The molecule has 0 rings (SSSR count). The number of hydrogen-bond donors (Lipinski definition) is 0. The first-order chi connectivity index (χ1) is 15.4. The molecule has 5 heteroatoms. The molecule has 0 aliphatic rings. The van der Waals surface area contributed by atoms with E-state index < -0.39 is 9.05 Å². The predicted octanol–water partition coefficient (Wildman–Crippen LogP) is 8.79. The van der Waals surface area contributed by atoms with E-state index in [0.29, 0.717) is 23.7 Å². The van der Waals surface area contributed by atoms with Crippen LogP contribution in [0.4, 0.5) is 0 Å². The van der Waals surface area contributed by atoms with E-state index in [1.807, 2.05) is 0 Å². The molecule has 0 amide bonds. The Morgan fingerprint density at radius 1 is 0.394 bits per heavy atom. The summed E-state index contributed by atoms with van der Waals surface area (Å²) in [6, 6.07) is 0. The Balaban J connectivity index is 5.89. The van der Waals surface area contributed by atoms with Crippen LogP contribution in [0.5, 0.6) is 0 Å². The number of hydrogen-bond acceptors (Lipinski definition) is 4. The Morgan fingerprint density at radius 2 is 0.576 bits per heavy atom. The first-order valence-electron chi connectivity index (χ1n) is 14.1. The zero-order chi connectivity index (χ0) is 25.6. The molecule has 0 aromatic carbocycles. The molecule has 33 heavy (non-hydrogen) atoms. The lowest BCUT2D eigenvalue weighted by Gasteiger charge is -2.38. The quantitative estimate of drug-likeness (QED) is 0.160. The maximum absolute atomic E-state index is 6.74. The van der Waals surface area contributed by atoms with Gasteiger partial charge in [-0.3, -0.25) is 0 Å². The van der Waals surface area contributed by atoms with Crippen molar-refractivity contribution in [2.75, 3.05) is 0 Å². The Morgan fingerprint density at radius 3 is 0.727 bits per heavy atom. The van der Waals surface area contributed by atoms with Gasteiger partial charge in [-0.15, -0.1) is 0 Å².